The van der Waals surface area contributed by atoms with E-state index in [-0.39, 0.29) is 16.3 Å². The molecule has 0 aliphatic carbocycles. The largest absolute Gasteiger partial charge is 0.426 e. The molecule has 0 bridgehead atoms. The van der Waals surface area contributed by atoms with Gasteiger partial charge in [0.15, 0.2) is 0 Å². The van der Waals surface area contributed by atoms with Gasteiger partial charge in [-0.3, -0.25) is 0 Å². The molecule has 0 amide bonds. The van der Waals surface area contributed by atoms with Crippen molar-refractivity contribution in [3.05, 3.63) is 71.1 Å². The van der Waals surface area contributed by atoms with Crippen molar-refractivity contribution >= 4 is 11.3 Å². The van der Waals surface area contributed by atoms with Gasteiger partial charge in [0.2, 0.25) is 5.82 Å². The summed E-state index contributed by atoms with van der Waals surface area (Å²) < 4.78 is 45.8. The molecule has 4 aromatic rings. The van der Waals surface area contributed by atoms with Gasteiger partial charge in [-0.05, 0) is 24.1 Å². The topological polar surface area (TPSA) is 38.9 Å². The minimum absolute atomic E-state index is 0.0749. The van der Waals surface area contributed by atoms with Crippen LogP contribution in [0.4, 0.5) is 13.2 Å². The zero-order valence-electron chi connectivity index (χ0n) is 18.1. The van der Waals surface area contributed by atoms with Crippen LogP contribution in [0.5, 0.6) is 0 Å². The Balaban J connectivity index is 0.000000807. The van der Waals surface area contributed by atoms with E-state index in [0.717, 1.165) is 11.1 Å². The molecule has 0 N–H and O–H groups in total. The van der Waals surface area contributed by atoms with Crippen LogP contribution >= 0.6 is 11.3 Å². The Labute approximate surface area is 184 Å². The van der Waals surface area contributed by atoms with Crippen LogP contribution in [-0.2, 0) is 6.18 Å². The van der Waals surface area contributed by atoms with Gasteiger partial charge >= 0.3 is 6.18 Å². The van der Waals surface area contributed by atoms with Gasteiger partial charge in [-0.15, -0.1) is 11.3 Å². The molecule has 0 unspecified atom stereocenters. The molecule has 3 nitrogen and oxygen atoms in total. The van der Waals surface area contributed by atoms with Crippen LogP contribution in [0.25, 0.3) is 33.3 Å². The standard InChI is InChI=1S/C20H13F3N2OS.2C2H6/c1-12-7-5-6-10-14(12)18-24-19(26-25-18)16-11-15(13-8-3-2-4-9-13)17(27-16)20(21,22)23;2*1-2/h2-11H,1H3;2*1-2H3. The molecule has 0 fully saturated rings. The van der Waals surface area contributed by atoms with E-state index in [4.69, 9.17) is 4.52 Å². The molecular formula is C24H25F3N2OS. The smallest absolute Gasteiger partial charge is 0.333 e. The molecule has 4 rings (SSSR count). The molecule has 2 aromatic heterocycles. The maximum atomic E-state index is 13.5. The molecule has 0 spiro atoms. The zero-order chi connectivity index (χ0) is 23.0. The highest BCUT2D eigenvalue weighted by atomic mass is 32.1. The number of nitrogens with zero attached hydrogens (tertiary/aromatic N) is 2. The van der Waals surface area contributed by atoms with Crippen LogP contribution in [0.3, 0.4) is 0 Å². The Kier molecular flexibility index (Phi) is 8.56. The Bertz CT molecular complexity index is 1090. The fourth-order valence-electron chi connectivity index (χ4n) is 2.80. The highest BCUT2D eigenvalue weighted by molar-refractivity contribution is 7.16. The normalized spacial score (nSPS) is 10.6. The average Bonchev–Trinajstić information content (AvgIpc) is 3.45. The lowest BCUT2D eigenvalue weighted by Crippen LogP contribution is -2.03. The molecule has 0 aliphatic heterocycles. The highest BCUT2D eigenvalue weighted by Crippen LogP contribution is 2.45. The van der Waals surface area contributed by atoms with E-state index < -0.39 is 11.1 Å². The second-order valence-corrected chi connectivity index (χ2v) is 7.01. The fourth-order valence-corrected chi connectivity index (χ4v) is 3.77. The first-order chi connectivity index (χ1) is 14.9. The number of hydrogen-bond donors (Lipinski definition) is 0. The van der Waals surface area contributed by atoms with Crippen molar-refractivity contribution in [3.8, 4) is 33.3 Å². The van der Waals surface area contributed by atoms with Crippen LogP contribution < -0.4 is 0 Å². The molecule has 2 heterocycles. The van der Waals surface area contributed by atoms with E-state index in [2.05, 4.69) is 10.1 Å². The molecule has 0 saturated heterocycles. The summed E-state index contributed by atoms with van der Waals surface area (Å²) in [5, 5.41) is 3.94. The molecule has 31 heavy (non-hydrogen) atoms. The van der Waals surface area contributed by atoms with Crippen molar-refractivity contribution in [3.63, 3.8) is 0 Å². The number of rotatable bonds is 3. The summed E-state index contributed by atoms with van der Waals surface area (Å²) >= 11 is 0.606. The van der Waals surface area contributed by atoms with E-state index >= 15 is 0 Å². The number of hydrogen-bond acceptors (Lipinski definition) is 4. The highest BCUT2D eigenvalue weighted by Gasteiger charge is 2.37. The summed E-state index contributed by atoms with van der Waals surface area (Å²) in [5.74, 6) is 0.428. The van der Waals surface area contributed by atoms with Crippen molar-refractivity contribution < 1.29 is 17.7 Å². The number of alkyl halides is 3. The summed E-state index contributed by atoms with van der Waals surface area (Å²) in [7, 11) is 0. The lowest BCUT2D eigenvalue weighted by molar-refractivity contribution is -0.133. The van der Waals surface area contributed by atoms with E-state index in [1.807, 2.05) is 58.9 Å². The Hall–Kier alpha value is -2.93. The van der Waals surface area contributed by atoms with E-state index in [1.54, 1.807) is 30.3 Å². The maximum Gasteiger partial charge on any atom is 0.426 e. The minimum Gasteiger partial charge on any atom is -0.333 e. The number of aromatic nitrogens is 2. The average molecular weight is 447 g/mol. The molecule has 0 atom stereocenters. The van der Waals surface area contributed by atoms with Crippen LogP contribution in [0.2, 0.25) is 0 Å². The molecule has 0 saturated carbocycles. The molecule has 0 radical (unpaired) electrons. The Morgan fingerprint density at radius 2 is 1.45 bits per heavy atom. The van der Waals surface area contributed by atoms with Crippen molar-refractivity contribution in [2.75, 3.05) is 0 Å². The van der Waals surface area contributed by atoms with Crippen LogP contribution in [0, 0.1) is 6.92 Å². The molecule has 164 valence electrons. The molecule has 0 aliphatic rings. The van der Waals surface area contributed by atoms with Gasteiger partial charge in [0, 0.05) is 11.1 Å². The predicted molar refractivity (Wildman–Crippen MR) is 121 cm³/mol. The summed E-state index contributed by atoms with van der Waals surface area (Å²) in [6.45, 7) is 9.91. The fraction of sp³-hybridized carbons (Fsp3) is 0.250. The van der Waals surface area contributed by atoms with Gasteiger partial charge in [0.25, 0.3) is 5.89 Å². The van der Waals surface area contributed by atoms with Gasteiger partial charge in [0.05, 0.1) is 4.88 Å². The van der Waals surface area contributed by atoms with Crippen LogP contribution in [0.15, 0.2) is 65.2 Å². The maximum absolute atomic E-state index is 13.5. The summed E-state index contributed by atoms with van der Waals surface area (Å²) in [6.07, 6.45) is -4.47. The first kappa shape index (κ1) is 24.3. The lowest BCUT2D eigenvalue weighted by atomic mass is 10.1. The van der Waals surface area contributed by atoms with Crippen LogP contribution in [-0.4, -0.2) is 10.1 Å². The van der Waals surface area contributed by atoms with E-state index in [9.17, 15) is 13.2 Å². The predicted octanol–water partition coefficient (Wildman–Crippen LogP) is 8.51. The number of benzene rings is 2. The van der Waals surface area contributed by atoms with Gasteiger partial charge < -0.3 is 4.52 Å². The minimum atomic E-state index is -4.47. The van der Waals surface area contributed by atoms with Gasteiger partial charge in [0.1, 0.15) is 4.88 Å². The quantitative estimate of drug-likeness (QED) is 0.317. The monoisotopic (exact) mass is 446 g/mol. The summed E-state index contributed by atoms with van der Waals surface area (Å²) in [6, 6.07) is 17.4. The number of aryl methyl sites for hydroxylation is 1. The Morgan fingerprint density at radius 1 is 0.839 bits per heavy atom. The van der Waals surface area contributed by atoms with Crippen LogP contribution in [0.1, 0.15) is 38.1 Å². The van der Waals surface area contributed by atoms with E-state index in [0.29, 0.717) is 22.7 Å². The third kappa shape index (κ3) is 5.61. The Morgan fingerprint density at radius 3 is 2.06 bits per heavy atom. The van der Waals surface area contributed by atoms with Crippen molar-refractivity contribution in [1.29, 1.82) is 0 Å². The van der Waals surface area contributed by atoms with Gasteiger partial charge in [-0.2, -0.15) is 18.2 Å². The third-order valence-corrected chi connectivity index (χ3v) is 5.26. The van der Waals surface area contributed by atoms with E-state index in [1.165, 1.54) is 6.07 Å². The third-order valence-electron chi connectivity index (χ3n) is 4.10. The van der Waals surface area contributed by atoms with Gasteiger partial charge in [-0.1, -0.05) is 87.4 Å². The first-order valence-electron chi connectivity index (χ1n) is 10.1. The van der Waals surface area contributed by atoms with Crippen molar-refractivity contribution in [2.45, 2.75) is 40.8 Å². The second-order valence-electron chi connectivity index (χ2n) is 5.96. The van der Waals surface area contributed by atoms with Crippen molar-refractivity contribution in [1.82, 2.24) is 10.1 Å². The molecule has 7 heteroatoms. The van der Waals surface area contributed by atoms with Gasteiger partial charge in [-0.25, -0.2) is 0 Å². The molecule has 2 aromatic carbocycles. The summed E-state index contributed by atoms with van der Waals surface area (Å²) in [5.41, 5.74) is 2.34. The SMILES string of the molecule is CC.CC.Cc1ccccc1-c1noc(-c2cc(-c3ccccc3)c(C(F)(F)F)s2)n1. The number of halogens is 3. The first-order valence-corrected chi connectivity index (χ1v) is 10.9. The van der Waals surface area contributed by atoms with Crippen molar-refractivity contribution in [2.24, 2.45) is 0 Å². The number of thiophene rings is 1. The second kappa shape index (κ2) is 10.9. The lowest BCUT2D eigenvalue weighted by Gasteiger charge is -2.07. The summed E-state index contributed by atoms with van der Waals surface area (Å²) in [4.78, 5) is 3.91. The molecular weight excluding hydrogens is 421 g/mol. The zero-order valence-corrected chi connectivity index (χ0v) is 18.9.